The van der Waals surface area contributed by atoms with E-state index in [2.05, 4.69) is 98.0 Å². The summed E-state index contributed by atoms with van der Waals surface area (Å²) in [5.41, 5.74) is 3.79. The molecule has 10 atom stereocenters. The maximum atomic E-state index is 15.0. The molecule has 3 aliphatic heterocycles. The molecule has 5 aromatic rings. The van der Waals surface area contributed by atoms with Crippen LogP contribution in [0.15, 0.2) is 55.6 Å². The molecule has 65 heavy (non-hydrogen) atoms. The highest BCUT2D eigenvalue weighted by Crippen LogP contribution is 2.56. The third-order valence-corrected chi connectivity index (χ3v) is 24.3. The smallest absolute Gasteiger partial charge is 0.325 e. The number of aromatic nitrogens is 8. The van der Waals surface area contributed by atoms with E-state index in [0.717, 1.165) is 5.56 Å². The summed E-state index contributed by atoms with van der Waals surface area (Å²) in [7, 11) is -10.1. The first-order chi connectivity index (χ1) is 30.3. The molecule has 4 aromatic heterocycles. The minimum Gasteiger partial charge on any atom is -0.408 e. The summed E-state index contributed by atoms with van der Waals surface area (Å²) in [6.45, 7) is 19.0. The molecule has 2 N–H and O–H groups in total. The van der Waals surface area contributed by atoms with Gasteiger partial charge in [0.1, 0.15) is 62.3 Å². The van der Waals surface area contributed by atoms with E-state index in [1.165, 1.54) is 12.7 Å². The predicted molar refractivity (Wildman–Crippen MR) is 257 cm³/mol. The molecule has 0 spiro atoms. The number of hydrogen-bond acceptors (Lipinski definition) is 17. The number of nitrogens with zero attached hydrogens (tertiary/aromatic N) is 8. The number of anilines is 1. The highest BCUT2D eigenvalue weighted by Gasteiger charge is 2.56. The quantitative estimate of drug-likeness (QED) is 0.117. The Morgan fingerprint density at radius 1 is 0.785 bits per heavy atom. The second-order valence-electron chi connectivity index (χ2n) is 19.4. The van der Waals surface area contributed by atoms with Crippen LogP contribution in [0.5, 0.6) is 0 Å². The molecule has 0 amide bonds. The molecule has 0 saturated carbocycles. The Bertz CT molecular complexity index is 2620. The topological polar surface area (TPSA) is 210 Å². The fourth-order valence-electron chi connectivity index (χ4n) is 7.39. The lowest BCUT2D eigenvalue weighted by Gasteiger charge is -2.41. The van der Waals surface area contributed by atoms with E-state index < -0.39 is 87.5 Å². The van der Waals surface area contributed by atoms with Crippen LogP contribution >= 0.6 is 14.2 Å². The van der Waals surface area contributed by atoms with Crippen LogP contribution in [0.4, 0.5) is 5.82 Å². The molecule has 354 valence electrons. The zero-order valence-corrected chi connectivity index (χ0v) is 42.5. The summed E-state index contributed by atoms with van der Waals surface area (Å²) < 4.78 is 72.5. The second kappa shape index (κ2) is 17.9. The van der Waals surface area contributed by atoms with Crippen LogP contribution in [0.2, 0.25) is 36.3 Å². The standard InChI is InChI=1S/C40H61BN9O10P2SSi2/c1-24-28-35(45-20-43-24)49(22-47-28)37-32-31(59-64(8,9)39(2,3)4)27(56-37)18-53-61(41,51)57-30-26(19-54-62(52,63)58-32)55-38(33(30)60-65(10,11)40(5,6)7)50-23-48-29-34(44-21-46-36(29)50)42-17-25-15-13-12-14-16-25/h12-16,20-23,26-27,30-33,37-38H,17-19H2,1-11,41H3,(H,52,63)(H,42,44,46)/q-1/t26-,27-,30-,31-,32-,33-,37-,38-,61?,62?/m1/s1. The van der Waals surface area contributed by atoms with Crippen LogP contribution in [0.25, 0.3) is 22.3 Å². The van der Waals surface area contributed by atoms with Gasteiger partial charge in [0, 0.05) is 6.54 Å². The van der Waals surface area contributed by atoms with Crippen molar-refractivity contribution in [3.63, 3.8) is 0 Å². The molecule has 3 saturated heterocycles. The normalized spacial score (nSPS) is 30.8. The zero-order chi connectivity index (χ0) is 46.9. The number of rotatable bonds is 9. The molecule has 8 rings (SSSR count). The third-order valence-electron chi connectivity index (χ3n) is 13.0. The predicted octanol–water partition coefficient (Wildman–Crippen LogP) is 6.67. The second-order valence-corrected chi connectivity index (χ2v) is 32.6. The summed E-state index contributed by atoms with van der Waals surface area (Å²) in [5.74, 6) is 0.539. The van der Waals surface area contributed by atoms with Gasteiger partial charge in [0.2, 0.25) is 0 Å². The monoisotopic (exact) mass is 988 g/mol. The molecule has 25 heteroatoms. The third kappa shape index (κ3) is 10.0. The highest BCUT2D eigenvalue weighted by molar-refractivity contribution is 8.07. The molecule has 3 aliphatic rings. The van der Waals surface area contributed by atoms with Crippen LogP contribution in [0.1, 0.15) is 65.3 Å². The van der Waals surface area contributed by atoms with Crippen molar-refractivity contribution >= 4 is 78.3 Å². The average molecular weight is 989 g/mol. The van der Waals surface area contributed by atoms with Gasteiger partial charge in [-0.15, -0.1) is 0 Å². The lowest BCUT2D eigenvalue weighted by molar-refractivity contribution is -0.0593. The van der Waals surface area contributed by atoms with Gasteiger partial charge in [-0.05, 0) is 60.6 Å². The van der Waals surface area contributed by atoms with Gasteiger partial charge in [0.15, 0.2) is 51.7 Å². The molecule has 3 fully saturated rings. The Kier molecular flexibility index (Phi) is 13.4. The van der Waals surface area contributed by atoms with Crippen molar-refractivity contribution in [2.75, 3.05) is 18.5 Å². The molecule has 0 radical (unpaired) electrons. The average Bonchev–Trinajstić information content (AvgIpc) is 3.99. The van der Waals surface area contributed by atoms with Crippen molar-refractivity contribution < 1.29 is 45.9 Å². The molecular formula is C40H61BN9O10P2SSi2-. The number of hydrogen-bond donors (Lipinski definition) is 2. The summed E-state index contributed by atoms with van der Waals surface area (Å²) >= 11 is 5.84. The van der Waals surface area contributed by atoms with E-state index >= 15 is 0 Å². The van der Waals surface area contributed by atoms with Gasteiger partial charge in [0.05, 0.1) is 39.1 Å². The summed E-state index contributed by atoms with van der Waals surface area (Å²) in [4.78, 5) is 39.5. The molecule has 0 aliphatic carbocycles. The van der Waals surface area contributed by atoms with E-state index in [1.54, 1.807) is 21.8 Å². The van der Waals surface area contributed by atoms with Crippen molar-refractivity contribution in [1.82, 2.24) is 39.0 Å². The minimum absolute atomic E-state index is 0.177. The van der Waals surface area contributed by atoms with Gasteiger partial charge >= 0.3 is 6.72 Å². The Balaban J connectivity index is 1.17. The molecule has 7 heterocycles. The van der Waals surface area contributed by atoms with E-state index in [-0.39, 0.29) is 23.3 Å². The molecule has 2 bridgehead atoms. The van der Waals surface area contributed by atoms with Crippen LogP contribution in [0.3, 0.4) is 0 Å². The van der Waals surface area contributed by atoms with Crippen LogP contribution in [-0.4, -0.2) is 118 Å². The van der Waals surface area contributed by atoms with Crippen molar-refractivity contribution in [3.05, 3.63) is 66.9 Å². The van der Waals surface area contributed by atoms with Crippen LogP contribution in [0, 0.1) is 6.92 Å². The van der Waals surface area contributed by atoms with E-state index in [1.807, 2.05) is 37.3 Å². The fraction of sp³-hybridized carbons (Fsp3) is 0.600. The Hall–Kier alpha value is -2.86. The van der Waals surface area contributed by atoms with E-state index in [9.17, 15) is 9.46 Å². The Morgan fingerprint density at radius 3 is 2.02 bits per heavy atom. The number of fused-ring (bicyclic) bond motifs is 5. The van der Waals surface area contributed by atoms with E-state index in [0.29, 0.717) is 40.4 Å². The van der Waals surface area contributed by atoms with Crippen LogP contribution < -0.4 is 5.32 Å². The fourth-order valence-corrected chi connectivity index (χ4v) is 12.2. The Labute approximate surface area is 387 Å². The zero-order valence-electron chi connectivity index (χ0n) is 37.9. The molecule has 1 aromatic carbocycles. The summed E-state index contributed by atoms with van der Waals surface area (Å²) in [6, 6.07) is 9.98. The molecular weight excluding hydrogens is 927 g/mol. The SMILES string of the molecule is [BH3-]P1(=O)OC[C@H]2O[C@@H](n3cnc4c(C)ncnc43)[C@H](OP(O)(=S)OC[C@H]3O[C@@H](n4cnc5c(NCc6ccccc6)ncnc54)[C@H](O[Si](C)(C)C(C)(C)C)[C@@H]3O1)[C@@H]2O[Si](C)(C)C(C)(C)C. The van der Waals surface area contributed by atoms with Crippen molar-refractivity contribution in [2.24, 2.45) is 0 Å². The first-order valence-electron chi connectivity index (χ1n) is 21.2. The lowest BCUT2D eigenvalue weighted by Crippen LogP contribution is -2.50. The highest BCUT2D eigenvalue weighted by atomic mass is 32.5. The maximum absolute atomic E-state index is 15.0. The largest absolute Gasteiger partial charge is 0.408 e. The summed E-state index contributed by atoms with van der Waals surface area (Å²) in [6.07, 6.45) is -1.32. The van der Waals surface area contributed by atoms with Gasteiger partial charge in [-0.1, -0.05) is 71.9 Å². The number of benzene rings is 1. The van der Waals surface area contributed by atoms with Crippen molar-refractivity contribution in [2.45, 2.75) is 140 Å². The number of imidazole rings is 2. The van der Waals surface area contributed by atoms with Crippen molar-refractivity contribution in [1.29, 1.82) is 0 Å². The molecule has 2 unspecified atom stereocenters. The maximum Gasteiger partial charge on any atom is 0.325 e. The first-order valence-corrected chi connectivity index (χ1v) is 30.7. The number of ether oxygens (including phenoxy) is 2. The van der Waals surface area contributed by atoms with Crippen molar-refractivity contribution in [3.8, 4) is 0 Å². The van der Waals surface area contributed by atoms with Gasteiger partial charge in [-0.3, -0.25) is 13.7 Å². The Morgan fingerprint density at radius 2 is 1.35 bits per heavy atom. The lowest BCUT2D eigenvalue weighted by atomic mass is 10.1. The van der Waals surface area contributed by atoms with Gasteiger partial charge < -0.3 is 46.7 Å². The van der Waals surface area contributed by atoms with Crippen LogP contribution in [-0.2, 0) is 59.3 Å². The van der Waals surface area contributed by atoms with E-state index in [4.69, 9.17) is 53.2 Å². The number of nitrogens with one attached hydrogen (secondary N) is 1. The minimum atomic E-state index is -4.17. The first kappa shape index (κ1) is 48.6. The van der Waals surface area contributed by atoms with Gasteiger partial charge in [-0.2, -0.15) is 0 Å². The molecule has 19 nitrogen and oxygen atoms in total. The summed E-state index contributed by atoms with van der Waals surface area (Å²) in [5, 5.41) is 2.92. The van der Waals surface area contributed by atoms with Gasteiger partial charge in [-0.25, -0.2) is 29.9 Å². The number of aryl methyl sites for hydroxylation is 1. The van der Waals surface area contributed by atoms with Gasteiger partial charge in [0.25, 0.3) is 0 Å².